The van der Waals surface area contributed by atoms with E-state index in [0.717, 1.165) is 11.3 Å². The molecule has 1 atom stereocenters. The molecule has 1 unspecified atom stereocenters. The predicted octanol–water partition coefficient (Wildman–Crippen LogP) is 3.72. The van der Waals surface area contributed by atoms with Crippen LogP contribution in [-0.4, -0.2) is 23.0 Å². The lowest BCUT2D eigenvalue weighted by Crippen LogP contribution is -2.43. The number of nitrogens with one attached hydrogen (secondary N) is 1. The van der Waals surface area contributed by atoms with Gasteiger partial charge < -0.3 is 15.2 Å². The molecule has 2 aromatic rings. The molecule has 0 spiro atoms. The van der Waals surface area contributed by atoms with Crippen LogP contribution in [0, 0.1) is 5.92 Å². The molecule has 0 heterocycles. The minimum absolute atomic E-state index is 0.197. The van der Waals surface area contributed by atoms with Crippen LogP contribution in [0.1, 0.15) is 19.4 Å². The number of carbonyl (C=O) groups is 2. The van der Waals surface area contributed by atoms with E-state index in [2.05, 4.69) is 5.32 Å². The molecule has 2 aromatic carbocycles. The van der Waals surface area contributed by atoms with Gasteiger partial charge in [-0.15, -0.1) is 0 Å². The highest BCUT2D eigenvalue weighted by atomic mass is 16.5. The number of carboxylic acids is 1. The van der Waals surface area contributed by atoms with Crippen LogP contribution in [0.2, 0.25) is 0 Å². The Hall–Kier alpha value is -3.08. The summed E-state index contributed by atoms with van der Waals surface area (Å²) in [6.45, 7) is 3.49. The molecule has 0 aliphatic heterocycles. The van der Waals surface area contributed by atoms with Crippen molar-refractivity contribution in [3.8, 4) is 11.5 Å². The van der Waals surface area contributed by atoms with E-state index in [-0.39, 0.29) is 5.92 Å². The highest BCUT2D eigenvalue weighted by molar-refractivity contribution is 5.94. The number of para-hydroxylation sites is 1. The van der Waals surface area contributed by atoms with Gasteiger partial charge in [0.15, 0.2) is 0 Å². The van der Waals surface area contributed by atoms with Gasteiger partial charge in [0.1, 0.15) is 17.5 Å². The minimum atomic E-state index is -1.05. The van der Waals surface area contributed by atoms with Crippen molar-refractivity contribution in [1.82, 2.24) is 5.32 Å². The normalized spacial score (nSPS) is 12.1. The summed E-state index contributed by atoms with van der Waals surface area (Å²) in [5.41, 5.74) is 0.778. The van der Waals surface area contributed by atoms with E-state index in [4.69, 9.17) is 9.84 Å². The third kappa shape index (κ3) is 5.80. The van der Waals surface area contributed by atoms with Crippen molar-refractivity contribution < 1.29 is 19.4 Å². The molecule has 130 valence electrons. The number of aliphatic carboxylic acids is 1. The molecule has 0 bridgehead atoms. The van der Waals surface area contributed by atoms with Gasteiger partial charge in [-0.3, -0.25) is 4.79 Å². The lowest BCUT2D eigenvalue weighted by molar-refractivity contribution is -0.142. The van der Waals surface area contributed by atoms with Crippen LogP contribution in [0.5, 0.6) is 11.5 Å². The van der Waals surface area contributed by atoms with Crippen LogP contribution < -0.4 is 10.1 Å². The van der Waals surface area contributed by atoms with Gasteiger partial charge in [0.2, 0.25) is 5.91 Å². The minimum Gasteiger partial charge on any atom is -0.480 e. The van der Waals surface area contributed by atoms with Gasteiger partial charge in [-0.1, -0.05) is 44.2 Å². The largest absolute Gasteiger partial charge is 0.480 e. The number of benzene rings is 2. The fraction of sp³-hybridized carbons (Fsp3) is 0.200. The maximum absolute atomic E-state index is 11.9. The summed E-state index contributed by atoms with van der Waals surface area (Å²) in [5, 5.41) is 11.6. The van der Waals surface area contributed by atoms with Crippen molar-refractivity contribution in [2.45, 2.75) is 19.9 Å². The standard InChI is InChI=1S/C20H21NO4/c1-14(2)19(20(23)24)21-18(22)12-11-15-7-6-10-17(13-15)25-16-8-4-3-5-9-16/h3-14,19H,1-2H3,(H,21,22)(H,23,24)/b12-11+. The van der Waals surface area contributed by atoms with Gasteiger partial charge in [-0.25, -0.2) is 4.79 Å². The van der Waals surface area contributed by atoms with Crippen LogP contribution in [0.25, 0.3) is 6.08 Å². The summed E-state index contributed by atoms with van der Waals surface area (Å²) in [4.78, 5) is 23.0. The molecule has 0 aliphatic rings. The van der Waals surface area contributed by atoms with Crippen molar-refractivity contribution in [2.24, 2.45) is 5.92 Å². The second-order valence-electron chi connectivity index (χ2n) is 5.89. The molecule has 2 N–H and O–H groups in total. The molecule has 1 amide bonds. The molecular weight excluding hydrogens is 318 g/mol. The molecule has 5 nitrogen and oxygen atoms in total. The Labute approximate surface area is 146 Å². The molecule has 0 radical (unpaired) electrons. The third-order valence-electron chi connectivity index (χ3n) is 3.49. The summed E-state index contributed by atoms with van der Waals surface area (Å²) in [5.74, 6) is -0.315. The van der Waals surface area contributed by atoms with E-state index in [1.807, 2.05) is 48.5 Å². The third-order valence-corrected chi connectivity index (χ3v) is 3.49. The van der Waals surface area contributed by atoms with Crippen molar-refractivity contribution in [3.05, 3.63) is 66.2 Å². The average molecular weight is 339 g/mol. The summed E-state index contributed by atoms with van der Waals surface area (Å²) < 4.78 is 5.74. The Balaban J connectivity index is 2.02. The number of hydrogen-bond donors (Lipinski definition) is 2. The lowest BCUT2D eigenvalue weighted by atomic mass is 10.0. The second kappa shape index (κ2) is 8.68. The zero-order valence-electron chi connectivity index (χ0n) is 14.2. The first-order valence-electron chi connectivity index (χ1n) is 8.00. The summed E-state index contributed by atoms with van der Waals surface area (Å²) in [6.07, 6.45) is 2.94. The molecular formula is C20H21NO4. The zero-order valence-corrected chi connectivity index (χ0v) is 14.2. The smallest absolute Gasteiger partial charge is 0.326 e. The van der Waals surface area contributed by atoms with Crippen molar-refractivity contribution in [2.75, 3.05) is 0 Å². The Kier molecular flexibility index (Phi) is 6.34. The summed E-state index contributed by atoms with van der Waals surface area (Å²) in [6, 6.07) is 15.8. The average Bonchev–Trinajstić information content (AvgIpc) is 2.58. The van der Waals surface area contributed by atoms with Gasteiger partial charge >= 0.3 is 5.97 Å². The molecule has 0 fully saturated rings. The number of carboxylic acid groups (broad SMARTS) is 1. The summed E-state index contributed by atoms with van der Waals surface area (Å²) in [7, 11) is 0. The number of hydrogen-bond acceptors (Lipinski definition) is 3. The number of rotatable bonds is 7. The fourth-order valence-electron chi connectivity index (χ4n) is 2.19. The molecule has 0 aliphatic carbocycles. The monoisotopic (exact) mass is 339 g/mol. The van der Waals surface area contributed by atoms with E-state index in [1.165, 1.54) is 6.08 Å². The number of amides is 1. The first-order valence-corrected chi connectivity index (χ1v) is 8.00. The first-order chi connectivity index (χ1) is 12.0. The van der Waals surface area contributed by atoms with Crippen LogP contribution >= 0.6 is 0 Å². The van der Waals surface area contributed by atoms with E-state index < -0.39 is 17.9 Å². The van der Waals surface area contributed by atoms with Crippen molar-refractivity contribution in [1.29, 1.82) is 0 Å². The van der Waals surface area contributed by atoms with Gasteiger partial charge in [-0.05, 0) is 41.8 Å². The van der Waals surface area contributed by atoms with E-state index >= 15 is 0 Å². The maximum atomic E-state index is 11.9. The van der Waals surface area contributed by atoms with Crippen LogP contribution in [0.3, 0.4) is 0 Å². The van der Waals surface area contributed by atoms with Gasteiger partial charge in [0, 0.05) is 6.08 Å². The Morgan fingerprint density at radius 2 is 1.72 bits per heavy atom. The quantitative estimate of drug-likeness (QED) is 0.754. The molecule has 5 heteroatoms. The molecule has 0 aromatic heterocycles. The highest BCUT2D eigenvalue weighted by Crippen LogP contribution is 2.22. The van der Waals surface area contributed by atoms with E-state index in [1.54, 1.807) is 26.0 Å². The van der Waals surface area contributed by atoms with E-state index in [0.29, 0.717) is 5.75 Å². The number of ether oxygens (including phenoxy) is 1. The van der Waals surface area contributed by atoms with Crippen molar-refractivity contribution in [3.63, 3.8) is 0 Å². The second-order valence-corrected chi connectivity index (χ2v) is 5.89. The topological polar surface area (TPSA) is 75.6 Å². The first kappa shape index (κ1) is 18.3. The Bertz CT molecular complexity index is 753. The number of carbonyl (C=O) groups excluding carboxylic acids is 1. The Morgan fingerprint density at radius 3 is 2.36 bits per heavy atom. The van der Waals surface area contributed by atoms with Crippen molar-refractivity contribution >= 4 is 18.0 Å². The lowest BCUT2D eigenvalue weighted by Gasteiger charge is -2.16. The Morgan fingerprint density at radius 1 is 1.04 bits per heavy atom. The van der Waals surface area contributed by atoms with Gasteiger partial charge in [0.05, 0.1) is 0 Å². The van der Waals surface area contributed by atoms with E-state index in [9.17, 15) is 9.59 Å². The fourth-order valence-corrected chi connectivity index (χ4v) is 2.19. The molecule has 2 rings (SSSR count). The molecule has 0 saturated heterocycles. The van der Waals surface area contributed by atoms with Crippen LogP contribution in [-0.2, 0) is 9.59 Å². The van der Waals surface area contributed by atoms with Gasteiger partial charge in [0.25, 0.3) is 0 Å². The maximum Gasteiger partial charge on any atom is 0.326 e. The molecule has 0 saturated carbocycles. The SMILES string of the molecule is CC(C)C(NC(=O)/C=C/c1cccc(Oc2ccccc2)c1)C(=O)O. The highest BCUT2D eigenvalue weighted by Gasteiger charge is 2.22. The van der Waals surface area contributed by atoms with Crippen LogP contribution in [0.15, 0.2) is 60.7 Å². The molecule has 25 heavy (non-hydrogen) atoms. The van der Waals surface area contributed by atoms with Gasteiger partial charge in [-0.2, -0.15) is 0 Å². The zero-order chi connectivity index (χ0) is 18.2. The summed E-state index contributed by atoms with van der Waals surface area (Å²) >= 11 is 0. The predicted molar refractivity (Wildman–Crippen MR) is 96.4 cm³/mol. The van der Waals surface area contributed by atoms with Crippen LogP contribution in [0.4, 0.5) is 0 Å².